The minimum absolute atomic E-state index is 0.224. The maximum atomic E-state index is 13.8. The summed E-state index contributed by atoms with van der Waals surface area (Å²) in [6.45, 7) is 0.326. The SMILES string of the molecule is COc1cc(-c2cc(C(=O)N(Cc3cnc4ccccn34)c3ccccc3)[nH]n2)cc(OC)c1OC. The number of nitrogens with one attached hydrogen (secondary N) is 1. The van der Waals surface area contributed by atoms with Crippen LogP contribution in [0.4, 0.5) is 5.69 Å². The third kappa shape index (κ3) is 4.22. The molecule has 9 heteroatoms. The van der Waals surface area contributed by atoms with E-state index in [4.69, 9.17) is 14.2 Å². The van der Waals surface area contributed by atoms with Gasteiger partial charge in [-0.2, -0.15) is 5.10 Å². The van der Waals surface area contributed by atoms with E-state index in [9.17, 15) is 4.79 Å². The number of carbonyl (C=O) groups is 1. The fraction of sp³-hybridized carbons (Fsp3) is 0.148. The topological polar surface area (TPSA) is 94.0 Å². The summed E-state index contributed by atoms with van der Waals surface area (Å²) in [7, 11) is 4.66. The predicted octanol–water partition coefficient (Wildman–Crippen LogP) is 4.60. The van der Waals surface area contributed by atoms with Crippen LogP contribution in [0.25, 0.3) is 16.9 Å². The van der Waals surface area contributed by atoms with Crippen LogP contribution < -0.4 is 19.1 Å². The Bertz CT molecular complexity index is 1480. The summed E-state index contributed by atoms with van der Waals surface area (Å²) in [5.41, 5.74) is 4.09. The predicted molar refractivity (Wildman–Crippen MR) is 136 cm³/mol. The van der Waals surface area contributed by atoms with Gasteiger partial charge in [-0.1, -0.05) is 24.3 Å². The van der Waals surface area contributed by atoms with Crippen molar-refractivity contribution in [3.8, 4) is 28.5 Å². The molecule has 0 aliphatic carbocycles. The van der Waals surface area contributed by atoms with Crippen LogP contribution in [0.5, 0.6) is 17.2 Å². The minimum atomic E-state index is -0.224. The smallest absolute Gasteiger partial charge is 0.276 e. The molecule has 5 rings (SSSR count). The van der Waals surface area contributed by atoms with Crippen molar-refractivity contribution in [1.29, 1.82) is 0 Å². The van der Waals surface area contributed by atoms with Gasteiger partial charge in [0.25, 0.3) is 5.91 Å². The molecule has 1 N–H and O–H groups in total. The van der Waals surface area contributed by atoms with Crippen LogP contribution in [0.15, 0.2) is 79.1 Å². The van der Waals surface area contributed by atoms with Crippen molar-refractivity contribution in [2.45, 2.75) is 6.54 Å². The lowest BCUT2D eigenvalue weighted by Crippen LogP contribution is -2.31. The van der Waals surface area contributed by atoms with Gasteiger partial charge >= 0.3 is 0 Å². The highest BCUT2D eigenvalue weighted by Crippen LogP contribution is 2.41. The Labute approximate surface area is 207 Å². The molecule has 0 bridgehead atoms. The number of carbonyl (C=O) groups excluding carboxylic acids is 1. The van der Waals surface area contributed by atoms with Crippen LogP contribution in [0.3, 0.4) is 0 Å². The number of nitrogens with zero attached hydrogens (tertiary/aromatic N) is 4. The molecule has 0 atom stereocenters. The lowest BCUT2D eigenvalue weighted by atomic mass is 10.1. The number of ether oxygens (including phenoxy) is 3. The molecule has 5 aromatic rings. The molecule has 0 saturated heterocycles. The van der Waals surface area contributed by atoms with Gasteiger partial charge in [-0.3, -0.25) is 9.89 Å². The summed E-state index contributed by atoms with van der Waals surface area (Å²) in [4.78, 5) is 19.9. The Hall–Kier alpha value is -4.79. The molecule has 2 aromatic carbocycles. The Balaban J connectivity index is 1.50. The van der Waals surface area contributed by atoms with Crippen molar-refractivity contribution in [3.05, 3.63) is 90.5 Å². The average molecular weight is 484 g/mol. The Morgan fingerprint density at radius 3 is 2.36 bits per heavy atom. The van der Waals surface area contributed by atoms with Gasteiger partial charge in [0.15, 0.2) is 11.5 Å². The second-order valence-corrected chi connectivity index (χ2v) is 7.99. The standard InChI is InChI=1S/C27H25N5O4/c1-34-23-13-18(14-24(35-2)26(23)36-3)21-15-22(30-29-21)27(33)32(19-9-5-4-6-10-19)17-20-16-28-25-11-7-8-12-31(20)25/h4-16H,17H2,1-3H3,(H,29,30). The van der Waals surface area contributed by atoms with Gasteiger partial charge in [0, 0.05) is 17.4 Å². The highest BCUT2D eigenvalue weighted by molar-refractivity contribution is 6.05. The first-order chi connectivity index (χ1) is 17.6. The normalized spacial score (nSPS) is 10.9. The summed E-state index contributed by atoms with van der Waals surface area (Å²) in [6.07, 6.45) is 3.72. The number of anilines is 1. The lowest BCUT2D eigenvalue weighted by molar-refractivity contribution is 0.0980. The molecule has 0 fully saturated rings. The highest BCUT2D eigenvalue weighted by atomic mass is 16.5. The summed E-state index contributed by atoms with van der Waals surface area (Å²) in [5.74, 6) is 1.26. The number of benzene rings is 2. The van der Waals surface area contributed by atoms with Crippen molar-refractivity contribution in [2.24, 2.45) is 0 Å². The molecule has 36 heavy (non-hydrogen) atoms. The van der Waals surface area contributed by atoms with E-state index in [0.29, 0.717) is 40.7 Å². The number of aromatic amines is 1. The maximum Gasteiger partial charge on any atom is 0.276 e. The number of imidazole rings is 1. The van der Waals surface area contributed by atoms with E-state index >= 15 is 0 Å². The zero-order valence-electron chi connectivity index (χ0n) is 20.1. The fourth-order valence-electron chi connectivity index (χ4n) is 4.11. The van der Waals surface area contributed by atoms with Gasteiger partial charge in [-0.05, 0) is 42.5 Å². The molecule has 3 heterocycles. The van der Waals surface area contributed by atoms with Gasteiger partial charge in [0.05, 0.1) is 45.5 Å². The number of aromatic nitrogens is 4. The largest absolute Gasteiger partial charge is 0.493 e. The number of hydrogen-bond acceptors (Lipinski definition) is 6. The molecule has 9 nitrogen and oxygen atoms in total. The van der Waals surface area contributed by atoms with Crippen LogP contribution >= 0.6 is 0 Å². The van der Waals surface area contributed by atoms with Gasteiger partial charge in [0.2, 0.25) is 5.75 Å². The second kappa shape index (κ2) is 9.83. The van der Waals surface area contributed by atoms with E-state index < -0.39 is 0 Å². The molecule has 0 unspecified atom stereocenters. The van der Waals surface area contributed by atoms with Crippen LogP contribution in [-0.2, 0) is 6.54 Å². The zero-order valence-corrected chi connectivity index (χ0v) is 20.1. The number of amides is 1. The first-order valence-electron chi connectivity index (χ1n) is 11.3. The van der Waals surface area contributed by atoms with Crippen LogP contribution in [0.1, 0.15) is 16.2 Å². The van der Waals surface area contributed by atoms with Crippen molar-refractivity contribution in [1.82, 2.24) is 19.6 Å². The number of methoxy groups -OCH3 is 3. The fourth-order valence-corrected chi connectivity index (χ4v) is 4.11. The molecule has 182 valence electrons. The third-order valence-corrected chi connectivity index (χ3v) is 5.90. The van der Waals surface area contributed by atoms with E-state index in [1.165, 1.54) is 0 Å². The Morgan fingerprint density at radius 2 is 1.67 bits per heavy atom. The van der Waals surface area contributed by atoms with Gasteiger partial charge in [-0.15, -0.1) is 0 Å². The summed E-state index contributed by atoms with van der Waals surface area (Å²) >= 11 is 0. The molecule has 0 aliphatic rings. The van der Waals surface area contributed by atoms with Crippen molar-refractivity contribution in [2.75, 3.05) is 26.2 Å². The number of pyridine rings is 1. The van der Waals surface area contributed by atoms with E-state index in [2.05, 4.69) is 15.2 Å². The maximum absolute atomic E-state index is 13.8. The monoisotopic (exact) mass is 483 g/mol. The number of rotatable bonds is 8. The van der Waals surface area contributed by atoms with E-state index in [1.54, 1.807) is 50.6 Å². The van der Waals surface area contributed by atoms with Gasteiger partial charge < -0.3 is 23.5 Å². The summed E-state index contributed by atoms with van der Waals surface area (Å²) < 4.78 is 18.3. The first-order valence-corrected chi connectivity index (χ1v) is 11.3. The van der Waals surface area contributed by atoms with Gasteiger partial charge in [0.1, 0.15) is 11.3 Å². The molecule has 0 radical (unpaired) electrons. The third-order valence-electron chi connectivity index (χ3n) is 5.90. The average Bonchev–Trinajstić information content (AvgIpc) is 3.59. The minimum Gasteiger partial charge on any atom is -0.493 e. The van der Waals surface area contributed by atoms with Crippen LogP contribution in [0.2, 0.25) is 0 Å². The highest BCUT2D eigenvalue weighted by Gasteiger charge is 2.23. The van der Waals surface area contributed by atoms with Crippen molar-refractivity contribution in [3.63, 3.8) is 0 Å². The molecule has 0 saturated carbocycles. The van der Waals surface area contributed by atoms with Crippen LogP contribution in [-0.4, -0.2) is 46.8 Å². The summed E-state index contributed by atoms with van der Waals surface area (Å²) in [6, 6.07) is 20.6. The van der Waals surface area contributed by atoms with Crippen molar-refractivity contribution >= 4 is 17.2 Å². The number of hydrogen-bond donors (Lipinski definition) is 1. The Morgan fingerprint density at radius 1 is 0.944 bits per heavy atom. The first kappa shape index (κ1) is 23.0. The molecule has 0 spiro atoms. The molecule has 0 aliphatic heterocycles. The molecule has 1 amide bonds. The second-order valence-electron chi connectivity index (χ2n) is 7.99. The lowest BCUT2D eigenvalue weighted by Gasteiger charge is -2.22. The zero-order chi connectivity index (χ0) is 25.1. The molecular formula is C27H25N5O4. The van der Waals surface area contributed by atoms with E-state index in [1.807, 2.05) is 59.1 Å². The molecular weight excluding hydrogens is 458 g/mol. The Kier molecular flexibility index (Phi) is 6.27. The quantitative estimate of drug-likeness (QED) is 0.347. The molecule has 3 aromatic heterocycles. The number of para-hydroxylation sites is 1. The van der Waals surface area contributed by atoms with Gasteiger partial charge in [-0.25, -0.2) is 4.98 Å². The summed E-state index contributed by atoms with van der Waals surface area (Å²) in [5, 5.41) is 7.29. The van der Waals surface area contributed by atoms with E-state index in [-0.39, 0.29) is 5.91 Å². The number of H-pyrrole nitrogens is 1. The van der Waals surface area contributed by atoms with Crippen LogP contribution in [0, 0.1) is 0 Å². The number of fused-ring (bicyclic) bond motifs is 1. The van der Waals surface area contributed by atoms with E-state index in [0.717, 1.165) is 17.0 Å². The van der Waals surface area contributed by atoms with Crippen molar-refractivity contribution < 1.29 is 19.0 Å².